The van der Waals surface area contributed by atoms with Crippen molar-refractivity contribution in [3.63, 3.8) is 0 Å². The molecule has 1 heterocycles. The third-order valence-corrected chi connectivity index (χ3v) is 2.95. The molecule has 1 amide bonds. The molecular weight excluding hydrogens is 214 g/mol. The molecule has 0 radical (unpaired) electrons. The molecule has 1 aliphatic rings. The van der Waals surface area contributed by atoms with E-state index >= 15 is 0 Å². The third-order valence-electron chi connectivity index (χ3n) is 2.95. The second-order valence-corrected chi connectivity index (χ2v) is 4.02. The predicted molar refractivity (Wildman–Crippen MR) is 64.7 cm³/mol. The number of benzene rings is 2. The van der Waals surface area contributed by atoms with E-state index in [1.54, 1.807) is 6.07 Å². The average molecular weight is 225 g/mol. The summed E-state index contributed by atoms with van der Waals surface area (Å²) in [5.74, 6) is 0.443. The van der Waals surface area contributed by atoms with E-state index in [1.807, 2.05) is 36.4 Å². The standard InChI is InChI=1S/C14H11NO2/c15-14(16)9-5-6-10-8-17-13-4-2-1-3-11(13)12(10)7-9/h1-7H,8H2,(H2,15,16). The average Bonchev–Trinajstić information content (AvgIpc) is 2.38. The summed E-state index contributed by atoms with van der Waals surface area (Å²) in [7, 11) is 0. The van der Waals surface area contributed by atoms with Crippen LogP contribution in [0.3, 0.4) is 0 Å². The summed E-state index contributed by atoms with van der Waals surface area (Å²) < 4.78 is 5.63. The van der Waals surface area contributed by atoms with Crippen LogP contribution in [0.15, 0.2) is 42.5 Å². The smallest absolute Gasteiger partial charge is 0.248 e. The molecule has 0 aromatic heterocycles. The van der Waals surface area contributed by atoms with E-state index in [2.05, 4.69) is 0 Å². The molecule has 1 aliphatic heterocycles. The first-order chi connectivity index (χ1) is 8.25. The zero-order valence-corrected chi connectivity index (χ0v) is 9.14. The molecule has 2 aromatic rings. The molecule has 0 fully saturated rings. The summed E-state index contributed by atoms with van der Waals surface area (Å²) >= 11 is 0. The number of hydrogen-bond acceptors (Lipinski definition) is 2. The largest absolute Gasteiger partial charge is 0.488 e. The molecular formula is C14H11NO2. The topological polar surface area (TPSA) is 52.3 Å². The molecule has 0 aliphatic carbocycles. The predicted octanol–water partition coefficient (Wildman–Crippen LogP) is 2.34. The van der Waals surface area contributed by atoms with Crippen molar-refractivity contribution >= 4 is 5.91 Å². The molecule has 2 aromatic carbocycles. The van der Waals surface area contributed by atoms with E-state index in [9.17, 15) is 4.79 Å². The van der Waals surface area contributed by atoms with E-state index in [0.717, 1.165) is 22.4 Å². The maximum Gasteiger partial charge on any atom is 0.248 e. The summed E-state index contributed by atoms with van der Waals surface area (Å²) in [5, 5.41) is 0. The van der Waals surface area contributed by atoms with Gasteiger partial charge in [0.15, 0.2) is 0 Å². The second-order valence-electron chi connectivity index (χ2n) is 4.02. The van der Waals surface area contributed by atoms with Gasteiger partial charge < -0.3 is 10.5 Å². The van der Waals surface area contributed by atoms with Gasteiger partial charge in [-0.3, -0.25) is 4.79 Å². The lowest BCUT2D eigenvalue weighted by molar-refractivity contribution is 0.100. The van der Waals surface area contributed by atoms with Gasteiger partial charge in [0.25, 0.3) is 0 Å². The zero-order valence-electron chi connectivity index (χ0n) is 9.14. The fraction of sp³-hybridized carbons (Fsp3) is 0.0714. The van der Waals surface area contributed by atoms with Crippen LogP contribution in [0.4, 0.5) is 0 Å². The van der Waals surface area contributed by atoms with Gasteiger partial charge in [-0.1, -0.05) is 24.3 Å². The Morgan fingerprint density at radius 2 is 1.94 bits per heavy atom. The van der Waals surface area contributed by atoms with E-state index in [4.69, 9.17) is 10.5 Å². The van der Waals surface area contributed by atoms with Crippen LogP contribution in [-0.2, 0) is 6.61 Å². The quantitative estimate of drug-likeness (QED) is 0.809. The number of primary amides is 1. The molecule has 17 heavy (non-hydrogen) atoms. The Morgan fingerprint density at radius 1 is 1.12 bits per heavy atom. The van der Waals surface area contributed by atoms with Gasteiger partial charge in [0.05, 0.1) is 0 Å². The van der Waals surface area contributed by atoms with Gasteiger partial charge in [-0.2, -0.15) is 0 Å². The number of carbonyl (C=O) groups excluding carboxylic acids is 1. The number of hydrogen-bond donors (Lipinski definition) is 1. The van der Waals surface area contributed by atoms with E-state index < -0.39 is 5.91 Å². The minimum absolute atomic E-state index is 0.406. The molecule has 0 saturated carbocycles. The minimum Gasteiger partial charge on any atom is -0.488 e. The van der Waals surface area contributed by atoms with Crippen LogP contribution in [0.1, 0.15) is 15.9 Å². The Morgan fingerprint density at radius 3 is 2.76 bits per heavy atom. The molecule has 0 bridgehead atoms. The number of fused-ring (bicyclic) bond motifs is 3. The van der Waals surface area contributed by atoms with Crippen LogP contribution in [0.25, 0.3) is 11.1 Å². The van der Waals surface area contributed by atoms with Crippen LogP contribution in [-0.4, -0.2) is 5.91 Å². The maximum atomic E-state index is 11.2. The lowest BCUT2D eigenvalue weighted by Crippen LogP contribution is -2.12. The number of nitrogens with two attached hydrogens (primary N) is 1. The Balaban J connectivity index is 2.22. The lowest BCUT2D eigenvalue weighted by Gasteiger charge is -2.20. The van der Waals surface area contributed by atoms with Gasteiger partial charge in [0, 0.05) is 11.1 Å². The lowest BCUT2D eigenvalue weighted by atomic mass is 9.95. The van der Waals surface area contributed by atoms with Gasteiger partial charge in [-0.05, 0) is 29.3 Å². The van der Waals surface area contributed by atoms with Crippen molar-refractivity contribution in [2.45, 2.75) is 6.61 Å². The fourth-order valence-corrected chi connectivity index (χ4v) is 2.08. The highest BCUT2D eigenvalue weighted by Gasteiger charge is 2.17. The zero-order chi connectivity index (χ0) is 11.8. The molecule has 0 atom stereocenters. The molecule has 3 nitrogen and oxygen atoms in total. The van der Waals surface area contributed by atoms with Crippen molar-refractivity contribution in [2.24, 2.45) is 5.73 Å². The summed E-state index contributed by atoms with van der Waals surface area (Å²) in [5.41, 5.74) is 8.94. The van der Waals surface area contributed by atoms with E-state index in [1.165, 1.54) is 0 Å². The number of carbonyl (C=O) groups is 1. The van der Waals surface area contributed by atoms with Gasteiger partial charge in [-0.25, -0.2) is 0 Å². The molecule has 2 N–H and O–H groups in total. The molecule has 0 spiro atoms. The van der Waals surface area contributed by atoms with Crippen LogP contribution in [0.5, 0.6) is 5.75 Å². The van der Waals surface area contributed by atoms with Crippen LogP contribution >= 0.6 is 0 Å². The van der Waals surface area contributed by atoms with Crippen LogP contribution in [0, 0.1) is 0 Å². The number of ether oxygens (including phenoxy) is 1. The summed E-state index contributed by atoms with van der Waals surface area (Å²) in [4.78, 5) is 11.2. The Bertz CT molecular complexity index is 605. The second kappa shape index (κ2) is 3.63. The SMILES string of the molecule is NC(=O)c1ccc2c(c1)-c1ccccc1OC2. The van der Waals surface area contributed by atoms with Crippen molar-refractivity contribution in [1.29, 1.82) is 0 Å². The van der Waals surface area contributed by atoms with Gasteiger partial charge in [0.2, 0.25) is 5.91 Å². The first kappa shape index (κ1) is 9.90. The van der Waals surface area contributed by atoms with Crippen molar-refractivity contribution in [3.05, 3.63) is 53.6 Å². The molecule has 0 saturated heterocycles. The number of rotatable bonds is 1. The van der Waals surface area contributed by atoms with Gasteiger partial charge >= 0.3 is 0 Å². The van der Waals surface area contributed by atoms with Crippen LogP contribution in [0.2, 0.25) is 0 Å². The minimum atomic E-state index is -0.406. The first-order valence-electron chi connectivity index (χ1n) is 5.40. The van der Waals surface area contributed by atoms with Crippen LogP contribution < -0.4 is 10.5 Å². The fourth-order valence-electron chi connectivity index (χ4n) is 2.08. The van der Waals surface area contributed by atoms with Gasteiger partial charge in [-0.15, -0.1) is 0 Å². The van der Waals surface area contributed by atoms with Crippen molar-refractivity contribution in [1.82, 2.24) is 0 Å². The molecule has 84 valence electrons. The monoisotopic (exact) mass is 225 g/mol. The van der Waals surface area contributed by atoms with E-state index in [-0.39, 0.29) is 0 Å². The summed E-state index contributed by atoms with van der Waals surface area (Å²) in [6, 6.07) is 13.3. The Hall–Kier alpha value is -2.29. The van der Waals surface area contributed by atoms with Crippen molar-refractivity contribution in [2.75, 3.05) is 0 Å². The maximum absolute atomic E-state index is 11.2. The Labute approximate surface area is 98.8 Å². The highest BCUT2D eigenvalue weighted by atomic mass is 16.5. The highest BCUT2D eigenvalue weighted by molar-refractivity contribution is 5.95. The number of amides is 1. The molecule has 3 rings (SSSR count). The molecule has 3 heteroatoms. The first-order valence-corrected chi connectivity index (χ1v) is 5.40. The molecule has 0 unspecified atom stereocenters. The third kappa shape index (κ3) is 1.56. The van der Waals surface area contributed by atoms with Gasteiger partial charge in [0.1, 0.15) is 12.4 Å². The van der Waals surface area contributed by atoms with E-state index in [0.29, 0.717) is 12.2 Å². The Kier molecular flexibility index (Phi) is 2.11. The number of para-hydroxylation sites is 1. The summed E-state index contributed by atoms with van der Waals surface area (Å²) in [6.07, 6.45) is 0. The van der Waals surface area contributed by atoms with Crippen molar-refractivity contribution in [3.8, 4) is 16.9 Å². The highest BCUT2D eigenvalue weighted by Crippen LogP contribution is 2.37. The normalized spacial score (nSPS) is 12.2. The summed E-state index contributed by atoms with van der Waals surface area (Å²) in [6.45, 7) is 0.533. The van der Waals surface area contributed by atoms with Crippen molar-refractivity contribution < 1.29 is 9.53 Å².